The number of nitrogens with zero attached hydrogens (tertiary/aromatic N) is 3. The zero-order valence-electron chi connectivity index (χ0n) is 17.9. The van der Waals surface area contributed by atoms with Crippen LogP contribution in [0.25, 0.3) is 17.1 Å². The minimum Gasteiger partial charge on any atom is -0.319 e. The van der Waals surface area contributed by atoms with Gasteiger partial charge in [0.05, 0.1) is 5.69 Å². The lowest BCUT2D eigenvalue weighted by Gasteiger charge is -2.10. The van der Waals surface area contributed by atoms with Gasteiger partial charge in [-0.3, -0.25) is 4.79 Å². The lowest BCUT2D eigenvalue weighted by atomic mass is 10.1. The van der Waals surface area contributed by atoms with Crippen LogP contribution in [0.1, 0.15) is 32.9 Å². The second-order valence-corrected chi connectivity index (χ2v) is 8.18. The fourth-order valence-electron chi connectivity index (χ4n) is 3.42. The molecule has 1 heterocycles. The molecule has 0 spiro atoms. The third-order valence-corrected chi connectivity index (χ3v) is 5.38. The maximum absolute atomic E-state index is 13.0. The van der Waals surface area contributed by atoms with E-state index in [1.165, 1.54) is 0 Å². The van der Waals surface area contributed by atoms with Gasteiger partial charge in [0.25, 0.3) is 5.91 Å². The fourth-order valence-corrected chi connectivity index (χ4v) is 3.59. The molecule has 0 bridgehead atoms. The fraction of sp³-hybridized carbons (Fsp3) is 0.160. The zero-order valence-corrected chi connectivity index (χ0v) is 18.7. The number of hydrogen-bond acceptors (Lipinski definition) is 3. The average Bonchev–Trinajstić information content (AvgIpc) is 3.16. The van der Waals surface area contributed by atoms with Gasteiger partial charge in [-0.15, -0.1) is 5.10 Å². The van der Waals surface area contributed by atoms with Gasteiger partial charge >= 0.3 is 0 Å². The first-order chi connectivity index (χ1) is 14.8. The van der Waals surface area contributed by atoms with Gasteiger partial charge < -0.3 is 5.32 Å². The molecule has 0 saturated heterocycles. The van der Waals surface area contributed by atoms with Crippen LogP contribution in [-0.2, 0) is 0 Å². The highest BCUT2D eigenvalue weighted by molar-refractivity contribution is 6.31. The molecule has 0 aliphatic heterocycles. The van der Waals surface area contributed by atoms with Crippen molar-refractivity contribution in [1.29, 1.82) is 0 Å². The molecule has 1 amide bonds. The summed E-state index contributed by atoms with van der Waals surface area (Å²) in [6.45, 7) is 8.01. The summed E-state index contributed by atoms with van der Waals surface area (Å²) in [5.41, 5.74) is 6.67. The Hall–Kier alpha value is -3.44. The van der Waals surface area contributed by atoms with Crippen LogP contribution in [0.3, 0.4) is 0 Å². The van der Waals surface area contributed by atoms with E-state index in [0.717, 1.165) is 33.5 Å². The Morgan fingerprint density at radius 3 is 2.29 bits per heavy atom. The summed E-state index contributed by atoms with van der Waals surface area (Å²) in [5.74, 6) is 0.317. The number of hydrogen-bond donors (Lipinski definition) is 1. The average molecular weight is 431 g/mol. The first-order valence-corrected chi connectivity index (χ1v) is 10.4. The minimum absolute atomic E-state index is 0.0925. The highest BCUT2D eigenvalue weighted by Gasteiger charge is 2.20. The lowest BCUT2D eigenvalue weighted by Crippen LogP contribution is -2.15. The zero-order chi connectivity index (χ0) is 22.1. The van der Waals surface area contributed by atoms with Gasteiger partial charge in [-0.05, 0) is 57.0 Å². The van der Waals surface area contributed by atoms with Crippen molar-refractivity contribution in [2.45, 2.75) is 27.7 Å². The number of aryl methyl sites for hydroxylation is 4. The number of carbonyl (C=O) groups is 1. The molecule has 0 radical (unpaired) electrons. The van der Waals surface area contributed by atoms with Crippen molar-refractivity contribution in [3.63, 3.8) is 0 Å². The molecule has 31 heavy (non-hydrogen) atoms. The van der Waals surface area contributed by atoms with E-state index in [9.17, 15) is 4.79 Å². The number of carbonyl (C=O) groups excluding carboxylic acids is 1. The van der Waals surface area contributed by atoms with Crippen LogP contribution in [0.2, 0.25) is 5.02 Å². The number of aromatic nitrogens is 3. The second kappa shape index (κ2) is 8.36. The van der Waals surface area contributed by atoms with E-state index in [1.807, 2.05) is 70.2 Å². The highest BCUT2D eigenvalue weighted by Crippen LogP contribution is 2.25. The van der Waals surface area contributed by atoms with E-state index >= 15 is 0 Å². The van der Waals surface area contributed by atoms with Gasteiger partial charge in [0.1, 0.15) is 0 Å². The molecule has 3 aromatic carbocycles. The Kier molecular flexibility index (Phi) is 5.61. The smallest absolute Gasteiger partial charge is 0.295 e. The molecule has 5 nitrogen and oxygen atoms in total. The summed E-state index contributed by atoms with van der Waals surface area (Å²) < 4.78 is 1.74. The number of rotatable bonds is 4. The van der Waals surface area contributed by atoms with E-state index in [0.29, 0.717) is 16.5 Å². The van der Waals surface area contributed by atoms with Crippen LogP contribution in [0.5, 0.6) is 0 Å². The Labute approximate surface area is 186 Å². The topological polar surface area (TPSA) is 59.8 Å². The predicted octanol–water partition coefficient (Wildman–Crippen LogP) is 6.07. The van der Waals surface area contributed by atoms with Crippen LogP contribution in [0.4, 0.5) is 5.69 Å². The number of anilines is 1. The van der Waals surface area contributed by atoms with E-state index in [-0.39, 0.29) is 11.7 Å². The van der Waals surface area contributed by atoms with E-state index < -0.39 is 0 Å². The van der Waals surface area contributed by atoms with Gasteiger partial charge in [-0.1, -0.05) is 65.2 Å². The van der Waals surface area contributed by atoms with Gasteiger partial charge in [-0.25, -0.2) is 9.67 Å². The van der Waals surface area contributed by atoms with Crippen molar-refractivity contribution in [3.05, 3.63) is 93.8 Å². The Bertz CT molecular complexity index is 1280. The molecule has 0 unspecified atom stereocenters. The van der Waals surface area contributed by atoms with Crippen molar-refractivity contribution >= 4 is 23.2 Å². The third kappa shape index (κ3) is 4.37. The van der Waals surface area contributed by atoms with Crippen LogP contribution in [-0.4, -0.2) is 20.7 Å². The van der Waals surface area contributed by atoms with Crippen molar-refractivity contribution in [2.24, 2.45) is 0 Å². The first-order valence-electron chi connectivity index (χ1n) is 10.0. The molecule has 0 atom stereocenters. The van der Waals surface area contributed by atoms with Crippen LogP contribution < -0.4 is 5.32 Å². The van der Waals surface area contributed by atoms with Gasteiger partial charge in [0.15, 0.2) is 5.82 Å². The molecular formula is C25H23ClN4O. The lowest BCUT2D eigenvalue weighted by molar-refractivity contribution is 0.101. The molecule has 0 aliphatic rings. The maximum Gasteiger partial charge on any atom is 0.295 e. The molecule has 4 rings (SSSR count). The molecule has 6 heteroatoms. The molecule has 0 saturated carbocycles. The second-order valence-electron chi connectivity index (χ2n) is 7.74. The minimum atomic E-state index is -0.387. The summed E-state index contributed by atoms with van der Waals surface area (Å²) in [4.78, 5) is 17.6. The summed E-state index contributed by atoms with van der Waals surface area (Å²) in [7, 11) is 0. The normalized spacial score (nSPS) is 10.9. The summed E-state index contributed by atoms with van der Waals surface area (Å²) in [6.07, 6.45) is 0. The quantitative estimate of drug-likeness (QED) is 0.427. The van der Waals surface area contributed by atoms with Crippen molar-refractivity contribution in [3.8, 4) is 17.1 Å². The summed E-state index contributed by atoms with van der Waals surface area (Å²) >= 11 is 6.09. The van der Waals surface area contributed by atoms with E-state index in [2.05, 4.69) is 21.5 Å². The number of amides is 1. The van der Waals surface area contributed by atoms with Crippen LogP contribution >= 0.6 is 11.6 Å². The Balaban J connectivity index is 1.80. The number of halogens is 1. The Morgan fingerprint density at radius 2 is 1.58 bits per heavy atom. The molecule has 1 aromatic heterocycles. The SMILES string of the molecule is Cc1ccc(-c2nc(C(=O)Nc3cc(Cl)ccc3C)nn2-c2ccc(C)cc2C)cc1. The monoisotopic (exact) mass is 430 g/mol. The highest BCUT2D eigenvalue weighted by atomic mass is 35.5. The summed E-state index contributed by atoms with van der Waals surface area (Å²) in [5, 5.41) is 8.01. The maximum atomic E-state index is 13.0. The van der Waals surface area contributed by atoms with E-state index in [4.69, 9.17) is 11.6 Å². The largest absolute Gasteiger partial charge is 0.319 e. The van der Waals surface area contributed by atoms with Crippen LogP contribution in [0, 0.1) is 27.7 Å². The van der Waals surface area contributed by atoms with Crippen LogP contribution in [0.15, 0.2) is 60.7 Å². The van der Waals surface area contributed by atoms with Crippen molar-refractivity contribution < 1.29 is 4.79 Å². The molecule has 0 aliphatic carbocycles. The van der Waals surface area contributed by atoms with Crippen molar-refractivity contribution in [2.75, 3.05) is 5.32 Å². The molecule has 4 aromatic rings. The third-order valence-electron chi connectivity index (χ3n) is 5.15. The Morgan fingerprint density at radius 1 is 0.871 bits per heavy atom. The molecular weight excluding hydrogens is 408 g/mol. The molecule has 0 fully saturated rings. The van der Waals surface area contributed by atoms with Crippen molar-refractivity contribution in [1.82, 2.24) is 14.8 Å². The first kappa shape index (κ1) is 20.8. The standard InChI is InChI=1S/C25H23ClN4O/c1-15-5-9-19(10-6-15)24-28-23(25(31)27-21-14-20(26)11-8-17(21)3)29-30(24)22-12-7-16(2)13-18(22)4/h5-14H,1-4H3,(H,27,31). The predicted molar refractivity (Wildman–Crippen MR) is 125 cm³/mol. The van der Waals surface area contributed by atoms with Gasteiger partial charge in [0.2, 0.25) is 5.82 Å². The summed E-state index contributed by atoms with van der Waals surface area (Å²) in [6, 6.07) is 19.5. The van der Waals surface area contributed by atoms with E-state index in [1.54, 1.807) is 16.8 Å². The molecule has 156 valence electrons. The number of nitrogens with one attached hydrogen (secondary N) is 1. The molecule has 1 N–H and O–H groups in total. The van der Waals surface area contributed by atoms with Gasteiger partial charge in [-0.2, -0.15) is 0 Å². The van der Waals surface area contributed by atoms with Gasteiger partial charge in [0, 0.05) is 16.3 Å². The number of benzene rings is 3.